The number of rotatable bonds is 5. The van der Waals surface area contributed by atoms with Crippen molar-refractivity contribution in [2.45, 2.75) is 26.4 Å². The Labute approximate surface area is 131 Å². The predicted octanol–water partition coefficient (Wildman–Crippen LogP) is 5.02. The van der Waals surface area contributed by atoms with Crippen molar-refractivity contribution in [3.63, 3.8) is 0 Å². The Bertz CT molecular complexity index is 632. The zero-order valence-electron chi connectivity index (χ0n) is 11.8. The summed E-state index contributed by atoms with van der Waals surface area (Å²) in [7, 11) is 0. The van der Waals surface area contributed by atoms with Gasteiger partial charge in [0.1, 0.15) is 11.6 Å². The molecule has 0 aromatic heterocycles. The van der Waals surface area contributed by atoms with Gasteiger partial charge in [-0.25, -0.2) is 8.78 Å². The van der Waals surface area contributed by atoms with E-state index in [1.54, 1.807) is 12.1 Å². The van der Waals surface area contributed by atoms with Gasteiger partial charge in [-0.2, -0.15) is 0 Å². The van der Waals surface area contributed by atoms with Gasteiger partial charge in [0.2, 0.25) is 0 Å². The standard InChI is InChI=1S/C16H16BrF2NO/c1-10(2)20-9-11-3-5-13(8-14(11)17)21-16-6-4-12(18)7-15(16)19/h3-8,10,20H,9H2,1-2H3. The smallest absolute Gasteiger partial charge is 0.168 e. The van der Waals surface area contributed by atoms with Crippen molar-refractivity contribution in [2.24, 2.45) is 0 Å². The fourth-order valence-electron chi connectivity index (χ4n) is 1.73. The highest BCUT2D eigenvalue weighted by Crippen LogP contribution is 2.29. The van der Waals surface area contributed by atoms with E-state index in [0.29, 0.717) is 11.8 Å². The van der Waals surface area contributed by atoms with Crippen LogP contribution >= 0.6 is 15.9 Å². The lowest BCUT2D eigenvalue weighted by atomic mass is 10.2. The van der Waals surface area contributed by atoms with Crippen LogP contribution < -0.4 is 10.1 Å². The minimum atomic E-state index is -0.725. The van der Waals surface area contributed by atoms with E-state index in [2.05, 4.69) is 35.1 Å². The summed E-state index contributed by atoms with van der Waals surface area (Å²) in [4.78, 5) is 0. The maximum atomic E-state index is 13.5. The van der Waals surface area contributed by atoms with Crippen LogP contribution in [0, 0.1) is 11.6 Å². The molecule has 112 valence electrons. The molecule has 2 aromatic rings. The third-order valence-corrected chi connectivity index (χ3v) is 3.59. The van der Waals surface area contributed by atoms with Gasteiger partial charge in [0.25, 0.3) is 0 Å². The minimum Gasteiger partial charge on any atom is -0.454 e. The molecule has 1 N–H and O–H groups in total. The van der Waals surface area contributed by atoms with Crippen LogP contribution in [0.15, 0.2) is 40.9 Å². The quantitative estimate of drug-likeness (QED) is 0.813. The van der Waals surface area contributed by atoms with E-state index in [1.165, 1.54) is 6.07 Å². The van der Waals surface area contributed by atoms with E-state index < -0.39 is 11.6 Å². The average molecular weight is 356 g/mol. The second-order valence-electron chi connectivity index (χ2n) is 4.97. The van der Waals surface area contributed by atoms with Gasteiger partial charge in [-0.15, -0.1) is 0 Å². The minimum absolute atomic E-state index is 0.00337. The Hall–Kier alpha value is -1.46. The van der Waals surface area contributed by atoms with Gasteiger partial charge in [0, 0.05) is 23.1 Å². The van der Waals surface area contributed by atoms with E-state index in [9.17, 15) is 8.78 Å². The summed E-state index contributed by atoms with van der Waals surface area (Å²) >= 11 is 3.47. The number of nitrogens with one attached hydrogen (secondary N) is 1. The van der Waals surface area contributed by atoms with Crippen molar-refractivity contribution in [2.75, 3.05) is 0 Å². The van der Waals surface area contributed by atoms with Gasteiger partial charge in [-0.1, -0.05) is 35.8 Å². The molecule has 0 heterocycles. The topological polar surface area (TPSA) is 21.3 Å². The first-order valence-electron chi connectivity index (χ1n) is 6.60. The van der Waals surface area contributed by atoms with Gasteiger partial charge in [-0.3, -0.25) is 0 Å². The number of ether oxygens (including phenoxy) is 1. The van der Waals surface area contributed by atoms with E-state index in [1.807, 2.05) is 6.07 Å². The normalized spacial score (nSPS) is 11.0. The third-order valence-electron chi connectivity index (χ3n) is 2.85. The second-order valence-corrected chi connectivity index (χ2v) is 5.82. The van der Waals surface area contributed by atoms with E-state index >= 15 is 0 Å². The molecule has 0 atom stereocenters. The van der Waals surface area contributed by atoms with Crippen molar-refractivity contribution in [3.8, 4) is 11.5 Å². The molecule has 0 aliphatic rings. The molecule has 0 saturated heterocycles. The molecular weight excluding hydrogens is 340 g/mol. The number of benzene rings is 2. The first-order chi connectivity index (χ1) is 9.95. The molecule has 2 aromatic carbocycles. The molecular formula is C16H16BrF2NO. The van der Waals surface area contributed by atoms with Crippen LogP contribution in [0.2, 0.25) is 0 Å². The molecule has 2 nitrogen and oxygen atoms in total. The lowest BCUT2D eigenvalue weighted by molar-refractivity contribution is 0.437. The highest BCUT2D eigenvalue weighted by molar-refractivity contribution is 9.10. The zero-order valence-corrected chi connectivity index (χ0v) is 13.4. The molecule has 0 bridgehead atoms. The molecule has 5 heteroatoms. The van der Waals surface area contributed by atoms with Gasteiger partial charge < -0.3 is 10.1 Å². The molecule has 0 spiro atoms. The number of hydrogen-bond acceptors (Lipinski definition) is 2. The molecule has 0 unspecified atom stereocenters. The summed E-state index contributed by atoms with van der Waals surface area (Å²) in [5.74, 6) is -0.871. The molecule has 0 amide bonds. The Morgan fingerprint density at radius 3 is 2.52 bits per heavy atom. The van der Waals surface area contributed by atoms with Gasteiger partial charge in [0.05, 0.1) is 0 Å². The molecule has 0 fully saturated rings. The first kappa shape index (κ1) is 15.9. The summed E-state index contributed by atoms with van der Waals surface area (Å²) in [5, 5.41) is 3.31. The van der Waals surface area contributed by atoms with E-state index in [0.717, 1.165) is 28.7 Å². The van der Waals surface area contributed by atoms with Crippen LogP contribution in [0.1, 0.15) is 19.4 Å². The molecule has 0 aliphatic carbocycles. The Kier molecular flexibility index (Phi) is 5.31. The van der Waals surface area contributed by atoms with Crippen molar-refractivity contribution in [3.05, 3.63) is 58.1 Å². The Morgan fingerprint density at radius 2 is 1.90 bits per heavy atom. The summed E-state index contributed by atoms with van der Waals surface area (Å²) in [6, 6.07) is 9.04. The molecule has 21 heavy (non-hydrogen) atoms. The van der Waals surface area contributed by atoms with Crippen molar-refractivity contribution < 1.29 is 13.5 Å². The van der Waals surface area contributed by atoms with Gasteiger partial charge >= 0.3 is 0 Å². The molecule has 2 rings (SSSR count). The van der Waals surface area contributed by atoms with Gasteiger partial charge in [-0.05, 0) is 29.8 Å². The SMILES string of the molecule is CC(C)NCc1ccc(Oc2ccc(F)cc2F)cc1Br. The Balaban J connectivity index is 2.12. The summed E-state index contributed by atoms with van der Waals surface area (Å²) < 4.78 is 32.7. The Morgan fingerprint density at radius 1 is 1.14 bits per heavy atom. The van der Waals surface area contributed by atoms with E-state index in [-0.39, 0.29) is 5.75 Å². The number of hydrogen-bond donors (Lipinski definition) is 1. The fourth-order valence-corrected chi connectivity index (χ4v) is 2.23. The fraction of sp³-hybridized carbons (Fsp3) is 0.250. The van der Waals surface area contributed by atoms with Crippen LogP contribution in [0.25, 0.3) is 0 Å². The highest BCUT2D eigenvalue weighted by Gasteiger charge is 2.08. The lowest BCUT2D eigenvalue weighted by Crippen LogP contribution is -2.21. The van der Waals surface area contributed by atoms with Gasteiger partial charge in [0.15, 0.2) is 11.6 Å². The van der Waals surface area contributed by atoms with E-state index in [4.69, 9.17) is 4.74 Å². The molecule has 0 saturated carbocycles. The third kappa shape index (κ3) is 4.51. The zero-order chi connectivity index (χ0) is 15.4. The second kappa shape index (κ2) is 7.00. The van der Waals surface area contributed by atoms with Crippen molar-refractivity contribution >= 4 is 15.9 Å². The molecule has 0 aliphatic heterocycles. The monoisotopic (exact) mass is 355 g/mol. The number of halogens is 3. The van der Waals surface area contributed by atoms with Crippen molar-refractivity contribution in [1.82, 2.24) is 5.32 Å². The summed E-state index contributed by atoms with van der Waals surface area (Å²) in [6.45, 7) is 4.87. The van der Waals surface area contributed by atoms with Crippen LogP contribution in [0.4, 0.5) is 8.78 Å². The summed E-state index contributed by atoms with van der Waals surface area (Å²) in [5.41, 5.74) is 1.08. The van der Waals surface area contributed by atoms with Crippen LogP contribution in [-0.4, -0.2) is 6.04 Å². The first-order valence-corrected chi connectivity index (χ1v) is 7.39. The highest BCUT2D eigenvalue weighted by atomic mass is 79.9. The summed E-state index contributed by atoms with van der Waals surface area (Å²) in [6.07, 6.45) is 0. The largest absolute Gasteiger partial charge is 0.454 e. The predicted molar refractivity (Wildman–Crippen MR) is 82.5 cm³/mol. The van der Waals surface area contributed by atoms with Crippen LogP contribution in [0.3, 0.4) is 0 Å². The maximum absolute atomic E-state index is 13.5. The average Bonchev–Trinajstić information content (AvgIpc) is 2.41. The van der Waals surface area contributed by atoms with Crippen molar-refractivity contribution in [1.29, 1.82) is 0 Å². The van der Waals surface area contributed by atoms with Crippen LogP contribution in [-0.2, 0) is 6.54 Å². The van der Waals surface area contributed by atoms with Crippen LogP contribution in [0.5, 0.6) is 11.5 Å². The molecule has 0 radical (unpaired) electrons. The lowest BCUT2D eigenvalue weighted by Gasteiger charge is -2.12. The maximum Gasteiger partial charge on any atom is 0.168 e.